The molecule has 0 saturated carbocycles. The normalized spacial score (nSPS) is 12.5. The van der Waals surface area contributed by atoms with Crippen LogP contribution >= 0.6 is 11.8 Å². The van der Waals surface area contributed by atoms with E-state index in [2.05, 4.69) is 25.2 Å². The Hall–Kier alpha value is -2.80. The van der Waals surface area contributed by atoms with Gasteiger partial charge in [0.1, 0.15) is 0 Å². The molecule has 0 radical (unpaired) electrons. The second kappa shape index (κ2) is 6.37. The maximum Gasteiger partial charge on any atom is 0.252 e. The molecular formula is C17H13N5OS. The standard InChI is InChI=1S/C17H13N5OS/c1-2-24-17-20-16-14(21-22-17)12-7-3-4-8-13(12)19-15(23-16)11-6-5-9-18-10-11/h3-10H,2H2,1H3. The van der Waals surface area contributed by atoms with Gasteiger partial charge in [0.2, 0.25) is 11.1 Å². The molecule has 0 aliphatic carbocycles. The highest BCUT2D eigenvalue weighted by Gasteiger charge is 2.22. The SMILES string of the molecule is CCSc1nnc2c(n1)OC(c1cccnc1)=Nc1ccccc1-2. The molecule has 2 aromatic heterocycles. The highest BCUT2D eigenvalue weighted by atomic mass is 32.2. The number of pyridine rings is 1. The first-order chi connectivity index (χ1) is 11.8. The predicted molar refractivity (Wildman–Crippen MR) is 92.7 cm³/mol. The van der Waals surface area contributed by atoms with Gasteiger partial charge in [0.25, 0.3) is 5.88 Å². The number of rotatable bonds is 3. The van der Waals surface area contributed by atoms with Crippen molar-refractivity contribution in [1.82, 2.24) is 20.2 Å². The molecule has 0 amide bonds. The minimum Gasteiger partial charge on any atom is -0.417 e. The van der Waals surface area contributed by atoms with E-state index in [0.717, 1.165) is 22.6 Å². The molecular weight excluding hydrogens is 322 g/mol. The number of hydrogen-bond acceptors (Lipinski definition) is 7. The van der Waals surface area contributed by atoms with Gasteiger partial charge in [-0.1, -0.05) is 36.9 Å². The Kier molecular flexibility index (Phi) is 3.92. The average Bonchev–Trinajstić information content (AvgIpc) is 2.79. The number of aliphatic imine (C=N–C) groups is 1. The van der Waals surface area contributed by atoms with Crippen LogP contribution in [-0.4, -0.2) is 31.8 Å². The molecule has 0 fully saturated rings. The molecule has 0 atom stereocenters. The van der Waals surface area contributed by atoms with Gasteiger partial charge >= 0.3 is 0 Å². The highest BCUT2D eigenvalue weighted by molar-refractivity contribution is 7.99. The van der Waals surface area contributed by atoms with Crippen molar-refractivity contribution in [2.45, 2.75) is 12.1 Å². The minimum absolute atomic E-state index is 0.411. The lowest BCUT2D eigenvalue weighted by atomic mass is 10.1. The zero-order valence-electron chi connectivity index (χ0n) is 12.9. The van der Waals surface area contributed by atoms with E-state index in [1.165, 1.54) is 11.8 Å². The Balaban J connectivity index is 1.90. The van der Waals surface area contributed by atoms with Crippen LogP contribution in [0.1, 0.15) is 12.5 Å². The third kappa shape index (κ3) is 2.74. The second-order valence-electron chi connectivity index (χ2n) is 4.96. The molecule has 1 aliphatic heterocycles. The number of fused-ring (bicyclic) bond motifs is 3. The smallest absolute Gasteiger partial charge is 0.252 e. The van der Waals surface area contributed by atoms with Crippen LogP contribution in [0.15, 0.2) is 58.9 Å². The van der Waals surface area contributed by atoms with Gasteiger partial charge in [0.15, 0.2) is 5.69 Å². The summed E-state index contributed by atoms with van der Waals surface area (Å²) in [5, 5.41) is 9.08. The number of ether oxygens (including phenoxy) is 1. The largest absolute Gasteiger partial charge is 0.417 e. The first kappa shape index (κ1) is 14.8. The van der Waals surface area contributed by atoms with Crippen molar-refractivity contribution in [1.29, 1.82) is 0 Å². The maximum atomic E-state index is 6.00. The van der Waals surface area contributed by atoms with Crippen LogP contribution in [0, 0.1) is 0 Å². The molecule has 0 unspecified atom stereocenters. The Labute approximate surface area is 143 Å². The maximum absolute atomic E-state index is 6.00. The first-order valence-electron chi connectivity index (χ1n) is 7.49. The Morgan fingerprint density at radius 2 is 2.00 bits per heavy atom. The van der Waals surface area contributed by atoms with Crippen molar-refractivity contribution in [2.75, 3.05) is 5.75 Å². The third-order valence-electron chi connectivity index (χ3n) is 3.39. The lowest BCUT2D eigenvalue weighted by Gasteiger charge is -2.08. The van der Waals surface area contributed by atoms with Gasteiger partial charge in [-0.25, -0.2) is 4.99 Å². The van der Waals surface area contributed by atoms with E-state index in [1.807, 2.05) is 43.3 Å². The van der Waals surface area contributed by atoms with Gasteiger partial charge < -0.3 is 4.74 Å². The number of nitrogens with zero attached hydrogens (tertiary/aromatic N) is 5. The number of benzene rings is 1. The summed E-state index contributed by atoms with van der Waals surface area (Å²) in [6.07, 6.45) is 3.42. The quantitative estimate of drug-likeness (QED) is 0.682. The summed E-state index contributed by atoms with van der Waals surface area (Å²) >= 11 is 1.52. The molecule has 118 valence electrons. The van der Waals surface area contributed by atoms with E-state index in [9.17, 15) is 0 Å². The fourth-order valence-corrected chi connectivity index (χ4v) is 2.84. The summed E-state index contributed by atoms with van der Waals surface area (Å²) in [6, 6.07) is 11.5. The van der Waals surface area contributed by atoms with E-state index >= 15 is 0 Å². The molecule has 0 N–H and O–H groups in total. The average molecular weight is 335 g/mol. The number of thioether (sulfide) groups is 1. The summed E-state index contributed by atoms with van der Waals surface area (Å²) in [4.78, 5) is 13.3. The molecule has 3 heterocycles. The Morgan fingerprint density at radius 1 is 1.08 bits per heavy atom. The predicted octanol–water partition coefficient (Wildman–Crippen LogP) is 3.52. The molecule has 0 saturated heterocycles. The van der Waals surface area contributed by atoms with E-state index < -0.39 is 0 Å². The van der Waals surface area contributed by atoms with Gasteiger partial charge in [-0.2, -0.15) is 4.98 Å². The van der Waals surface area contributed by atoms with Crippen molar-refractivity contribution in [3.63, 3.8) is 0 Å². The molecule has 1 aliphatic rings. The highest BCUT2D eigenvalue weighted by Crippen LogP contribution is 2.37. The van der Waals surface area contributed by atoms with Crippen molar-refractivity contribution in [3.05, 3.63) is 54.4 Å². The molecule has 3 aromatic rings. The van der Waals surface area contributed by atoms with Crippen LogP contribution in [0.25, 0.3) is 11.3 Å². The Morgan fingerprint density at radius 3 is 2.83 bits per heavy atom. The monoisotopic (exact) mass is 335 g/mol. The summed E-state index contributed by atoms with van der Waals surface area (Å²) in [7, 11) is 0. The molecule has 0 bridgehead atoms. The summed E-state index contributed by atoms with van der Waals surface area (Å²) in [5.74, 6) is 1.72. The minimum atomic E-state index is 0.411. The van der Waals surface area contributed by atoms with Gasteiger partial charge in [0, 0.05) is 18.0 Å². The van der Waals surface area contributed by atoms with Crippen LogP contribution in [0.3, 0.4) is 0 Å². The van der Waals surface area contributed by atoms with Gasteiger partial charge in [-0.05, 0) is 24.0 Å². The van der Waals surface area contributed by atoms with Crippen molar-refractivity contribution >= 4 is 23.3 Å². The van der Waals surface area contributed by atoms with Crippen molar-refractivity contribution < 1.29 is 4.74 Å². The van der Waals surface area contributed by atoms with Crippen molar-refractivity contribution in [2.24, 2.45) is 4.99 Å². The fourth-order valence-electron chi connectivity index (χ4n) is 2.34. The lowest BCUT2D eigenvalue weighted by molar-refractivity contribution is 0.515. The second-order valence-corrected chi connectivity index (χ2v) is 6.19. The first-order valence-corrected chi connectivity index (χ1v) is 8.47. The molecule has 4 rings (SSSR count). The zero-order chi connectivity index (χ0) is 16.4. The van der Waals surface area contributed by atoms with E-state index in [1.54, 1.807) is 12.4 Å². The van der Waals surface area contributed by atoms with Crippen LogP contribution < -0.4 is 4.74 Å². The van der Waals surface area contributed by atoms with Gasteiger partial charge in [0.05, 0.1) is 11.3 Å². The van der Waals surface area contributed by atoms with Crippen LogP contribution in [0.2, 0.25) is 0 Å². The molecule has 6 nitrogen and oxygen atoms in total. The van der Waals surface area contributed by atoms with Crippen molar-refractivity contribution in [3.8, 4) is 17.1 Å². The van der Waals surface area contributed by atoms with E-state index in [-0.39, 0.29) is 0 Å². The van der Waals surface area contributed by atoms with Gasteiger partial charge in [-0.3, -0.25) is 4.98 Å². The summed E-state index contributed by atoms with van der Waals surface area (Å²) in [5.41, 5.74) is 2.98. The number of para-hydroxylation sites is 1. The fraction of sp³-hybridized carbons (Fsp3) is 0.118. The summed E-state index contributed by atoms with van der Waals surface area (Å²) < 4.78 is 6.00. The van der Waals surface area contributed by atoms with E-state index in [4.69, 9.17) is 4.74 Å². The van der Waals surface area contributed by atoms with Crippen LogP contribution in [0.5, 0.6) is 5.88 Å². The molecule has 1 aromatic carbocycles. The Bertz CT molecular complexity index is 914. The zero-order valence-corrected chi connectivity index (χ0v) is 13.7. The number of hydrogen-bond donors (Lipinski definition) is 0. The molecule has 7 heteroatoms. The molecule has 24 heavy (non-hydrogen) atoms. The lowest BCUT2D eigenvalue weighted by Crippen LogP contribution is -2.12. The summed E-state index contributed by atoms with van der Waals surface area (Å²) in [6.45, 7) is 2.04. The third-order valence-corrected chi connectivity index (χ3v) is 4.11. The topological polar surface area (TPSA) is 73.2 Å². The van der Waals surface area contributed by atoms with Crippen LogP contribution in [-0.2, 0) is 0 Å². The van der Waals surface area contributed by atoms with Crippen LogP contribution in [0.4, 0.5) is 5.69 Å². The molecule has 0 spiro atoms. The van der Waals surface area contributed by atoms with Gasteiger partial charge in [-0.15, -0.1) is 10.2 Å². The van der Waals surface area contributed by atoms with E-state index in [0.29, 0.717) is 22.6 Å². The number of aromatic nitrogens is 4.